The van der Waals surface area contributed by atoms with Crippen LogP contribution >= 0.6 is 23.2 Å². The number of pyridine rings is 1. The Bertz CT molecular complexity index is 612. The van der Waals surface area contributed by atoms with Gasteiger partial charge in [-0.15, -0.1) is 0 Å². The fourth-order valence-electron chi connectivity index (χ4n) is 1.71. The maximum atomic E-state index is 8.82. The van der Waals surface area contributed by atoms with Gasteiger partial charge in [0.1, 0.15) is 5.82 Å². The molecule has 1 aromatic heterocycles. The van der Waals surface area contributed by atoms with Gasteiger partial charge in [0.25, 0.3) is 0 Å². The standard InChI is InChI=1S/C13H9Cl2N3/c14-9-2-1-3-10(15)13(9)8-4-5-12(17)18-11(8)6-7-16/h1-5H,6H2,(H2,17,18). The van der Waals surface area contributed by atoms with Crippen molar-refractivity contribution < 1.29 is 0 Å². The molecular weight excluding hydrogens is 269 g/mol. The molecule has 0 saturated heterocycles. The van der Waals surface area contributed by atoms with Crippen molar-refractivity contribution in [2.75, 3.05) is 5.73 Å². The van der Waals surface area contributed by atoms with E-state index in [0.717, 1.165) is 5.56 Å². The minimum absolute atomic E-state index is 0.155. The van der Waals surface area contributed by atoms with E-state index in [1.807, 2.05) is 0 Å². The van der Waals surface area contributed by atoms with Crippen LogP contribution in [-0.2, 0) is 6.42 Å². The fourth-order valence-corrected chi connectivity index (χ4v) is 2.31. The molecule has 2 aromatic rings. The number of nitriles is 1. The zero-order valence-electron chi connectivity index (χ0n) is 9.32. The van der Waals surface area contributed by atoms with Crippen molar-refractivity contribution in [3.63, 3.8) is 0 Å². The largest absolute Gasteiger partial charge is 0.384 e. The van der Waals surface area contributed by atoms with Gasteiger partial charge in [-0.05, 0) is 24.3 Å². The molecule has 0 unspecified atom stereocenters. The van der Waals surface area contributed by atoms with Crippen molar-refractivity contribution in [1.82, 2.24) is 4.98 Å². The third-order valence-electron chi connectivity index (χ3n) is 2.47. The van der Waals surface area contributed by atoms with Gasteiger partial charge in [0.15, 0.2) is 0 Å². The van der Waals surface area contributed by atoms with Gasteiger partial charge in [-0.1, -0.05) is 29.3 Å². The van der Waals surface area contributed by atoms with Gasteiger partial charge in [-0.3, -0.25) is 0 Å². The number of hydrogen-bond donors (Lipinski definition) is 1. The summed E-state index contributed by atoms with van der Waals surface area (Å²) < 4.78 is 0. The van der Waals surface area contributed by atoms with E-state index < -0.39 is 0 Å². The second-order valence-corrected chi connectivity index (χ2v) is 4.48. The summed E-state index contributed by atoms with van der Waals surface area (Å²) >= 11 is 12.3. The number of nitrogen functional groups attached to an aromatic ring is 1. The summed E-state index contributed by atoms with van der Waals surface area (Å²) in [7, 11) is 0. The van der Waals surface area contributed by atoms with Crippen molar-refractivity contribution in [3.8, 4) is 17.2 Å². The predicted octanol–water partition coefficient (Wildman–Crippen LogP) is 3.70. The lowest BCUT2D eigenvalue weighted by Crippen LogP contribution is -1.98. The quantitative estimate of drug-likeness (QED) is 0.910. The number of halogens is 2. The molecule has 2 rings (SSSR count). The second kappa shape index (κ2) is 5.26. The zero-order chi connectivity index (χ0) is 13.1. The first-order chi connectivity index (χ1) is 8.63. The van der Waals surface area contributed by atoms with Crippen LogP contribution in [0.1, 0.15) is 5.69 Å². The van der Waals surface area contributed by atoms with Crippen LogP contribution in [0.5, 0.6) is 0 Å². The summed E-state index contributed by atoms with van der Waals surface area (Å²) in [5.41, 5.74) is 7.62. The van der Waals surface area contributed by atoms with Crippen molar-refractivity contribution in [3.05, 3.63) is 46.1 Å². The number of nitrogens with zero attached hydrogens (tertiary/aromatic N) is 2. The number of anilines is 1. The van der Waals surface area contributed by atoms with Crippen molar-refractivity contribution >= 4 is 29.0 Å². The van der Waals surface area contributed by atoms with Crippen LogP contribution in [0.3, 0.4) is 0 Å². The van der Waals surface area contributed by atoms with E-state index in [0.29, 0.717) is 27.1 Å². The first kappa shape index (κ1) is 12.7. The summed E-state index contributed by atoms with van der Waals surface area (Å²) in [5.74, 6) is 0.368. The van der Waals surface area contributed by atoms with E-state index in [4.69, 9.17) is 34.2 Å². The maximum Gasteiger partial charge on any atom is 0.123 e. The Hall–Kier alpha value is -1.76. The van der Waals surface area contributed by atoms with Gasteiger partial charge >= 0.3 is 0 Å². The van der Waals surface area contributed by atoms with Crippen LogP contribution < -0.4 is 5.73 Å². The lowest BCUT2D eigenvalue weighted by molar-refractivity contribution is 1.13. The van der Waals surface area contributed by atoms with Crippen molar-refractivity contribution in [2.45, 2.75) is 6.42 Å². The average molecular weight is 278 g/mol. The Labute approximate surface area is 115 Å². The molecule has 3 nitrogen and oxygen atoms in total. The number of rotatable bonds is 2. The Morgan fingerprint density at radius 3 is 2.44 bits per heavy atom. The molecule has 0 spiro atoms. The molecule has 5 heteroatoms. The van der Waals surface area contributed by atoms with Gasteiger partial charge < -0.3 is 5.73 Å². The maximum absolute atomic E-state index is 8.82. The Morgan fingerprint density at radius 1 is 1.17 bits per heavy atom. The topological polar surface area (TPSA) is 62.7 Å². The Kier molecular flexibility index (Phi) is 3.71. The third kappa shape index (κ3) is 2.40. The second-order valence-electron chi connectivity index (χ2n) is 3.66. The van der Waals surface area contributed by atoms with Crippen LogP contribution in [0.2, 0.25) is 10.0 Å². The number of nitrogens with two attached hydrogens (primary N) is 1. The lowest BCUT2D eigenvalue weighted by Gasteiger charge is -2.10. The first-order valence-corrected chi connectivity index (χ1v) is 5.96. The molecule has 1 aromatic carbocycles. The summed E-state index contributed by atoms with van der Waals surface area (Å²) in [5, 5.41) is 9.87. The highest BCUT2D eigenvalue weighted by Gasteiger charge is 2.13. The molecular formula is C13H9Cl2N3. The summed E-state index contributed by atoms with van der Waals surface area (Å²) in [6.07, 6.45) is 0.155. The fraction of sp³-hybridized carbons (Fsp3) is 0.0769. The summed E-state index contributed by atoms with van der Waals surface area (Å²) in [6.45, 7) is 0. The van der Waals surface area contributed by atoms with Crippen LogP contribution in [0.15, 0.2) is 30.3 Å². The van der Waals surface area contributed by atoms with E-state index >= 15 is 0 Å². The van der Waals surface area contributed by atoms with Gasteiger partial charge in [-0.2, -0.15) is 5.26 Å². The van der Waals surface area contributed by atoms with Crippen LogP contribution in [0.25, 0.3) is 11.1 Å². The SMILES string of the molecule is N#CCc1nc(N)ccc1-c1c(Cl)cccc1Cl. The van der Waals surface area contributed by atoms with E-state index in [1.54, 1.807) is 30.3 Å². The molecule has 0 atom stereocenters. The van der Waals surface area contributed by atoms with Gasteiger partial charge in [-0.25, -0.2) is 4.98 Å². The molecule has 18 heavy (non-hydrogen) atoms. The van der Waals surface area contributed by atoms with E-state index in [2.05, 4.69) is 11.1 Å². The lowest BCUT2D eigenvalue weighted by atomic mass is 10.0. The molecule has 0 saturated carbocycles. The Morgan fingerprint density at radius 2 is 1.83 bits per heavy atom. The molecule has 0 radical (unpaired) electrons. The highest BCUT2D eigenvalue weighted by Crippen LogP contribution is 2.36. The molecule has 0 fully saturated rings. The van der Waals surface area contributed by atoms with Gasteiger partial charge in [0.05, 0.1) is 18.2 Å². The molecule has 0 aliphatic heterocycles. The zero-order valence-corrected chi connectivity index (χ0v) is 10.8. The number of benzene rings is 1. The number of aromatic nitrogens is 1. The summed E-state index contributed by atoms with van der Waals surface area (Å²) in [4.78, 5) is 4.16. The van der Waals surface area contributed by atoms with E-state index in [9.17, 15) is 0 Å². The third-order valence-corrected chi connectivity index (χ3v) is 3.10. The molecule has 0 aliphatic rings. The van der Waals surface area contributed by atoms with Gasteiger partial charge in [0, 0.05) is 21.2 Å². The minimum Gasteiger partial charge on any atom is -0.384 e. The average Bonchev–Trinajstić information content (AvgIpc) is 2.32. The molecule has 0 bridgehead atoms. The summed E-state index contributed by atoms with van der Waals surface area (Å²) in [6, 6.07) is 10.8. The van der Waals surface area contributed by atoms with E-state index in [-0.39, 0.29) is 6.42 Å². The minimum atomic E-state index is 0.155. The smallest absolute Gasteiger partial charge is 0.123 e. The van der Waals surface area contributed by atoms with Crippen molar-refractivity contribution in [2.24, 2.45) is 0 Å². The molecule has 90 valence electrons. The molecule has 2 N–H and O–H groups in total. The normalized spacial score (nSPS) is 10.1. The van der Waals surface area contributed by atoms with Crippen LogP contribution in [0.4, 0.5) is 5.82 Å². The van der Waals surface area contributed by atoms with E-state index in [1.165, 1.54) is 0 Å². The van der Waals surface area contributed by atoms with Gasteiger partial charge in [0.2, 0.25) is 0 Å². The highest BCUT2D eigenvalue weighted by molar-refractivity contribution is 6.39. The first-order valence-electron chi connectivity index (χ1n) is 5.20. The molecule has 0 aliphatic carbocycles. The predicted molar refractivity (Wildman–Crippen MR) is 73.4 cm³/mol. The monoisotopic (exact) mass is 277 g/mol. The Balaban J connectivity index is 2.68. The van der Waals surface area contributed by atoms with Crippen LogP contribution in [0, 0.1) is 11.3 Å². The number of hydrogen-bond acceptors (Lipinski definition) is 3. The van der Waals surface area contributed by atoms with Crippen LogP contribution in [-0.4, -0.2) is 4.98 Å². The molecule has 0 amide bonds. The molecule has 1 heterocycles. The van der Waals surface area contributed by atoms with Crippen molar-refractivity contribution in [1.29, 1.82) is 5.26 Å². The highest BCUT2D eigenvalue weighted by atomic mass is 35.5.